The Morgan fingerprint density at radius 3 is 2.35 bits per heavy atom. The molecule has 0 aromatic heterocycles. The molecule has 0 spiro atoms. The highest BCUT2D eigenvalue weighted by Gasteiger charge is 2.18. The normalized spacial score (nSPS) is 15.9. The van der Waals surface area contributed by atoms with Crippen molar-refractivity contribution in [1.29, 1.82) is 0 Å². The Balaban J connectivity index is 1.68. The molecular weight excluding hydrogens is 254 g/mol. The van der Waals surface area contributed by atoms with E-state index in [1.165, 1.54) is 0 Å². The second-order valence-electron chi connectivity index (χ2n) is 5.01. The Bertz CT molecular complexity index is 453. The van der Waals surface area contributed by atoms with E-state index in [1.807, 2.05) is 35.2 Å². The van der Waals surface area contributed by atoms with Crippen LogP contribution < -0.4 is 5.32 Å². The molecule has 5 nitrogen and oxygen atoms in total. The summed E-state index contributed by atoms with van der Waals surface area (Å²) in [5.74, 6) is 0.164. The van der Waals surface area contributed by atoms with Crippen LogP contribution in [0, 0.1) is 0 Å². The van der Waals surface area contributed by atoms with Gasteiger partial charge in [-0.1, -0.05) is 18.2 Å². The zero-order valence-corrected chi connectivity index (χ0v) is 11.8. The quantitative estimate of drug-likeness (QED) is 0.897. The molecule has 1 N–H and O–H groups in total. The summed E-state index contributed by atoms with van der Waals surface area (Å²) >= 11 is 0. The second kappa shape index (κ2) is 7.05. The predicted molar refractivity (Wildman–Crippen MR) is 78.4 cm³/mol. The van der Waals surface area contributed by atoms with Crippen LogP contribution in [0.15, 0.2) is 30.3 Å². The maximum atomic E-state index is 11.8. The Morgan fingerprint density at radius 1 is 1.10 bits per heavy atom. The summed E-state index contributed by atoms with van der Waals surface area (Å²) in [6.07, 6.45) is 0.481. The van der Waals surface area contributed by atoms with E-state index in [-0.39, 0.29) is 11.8 Å². The highest BCUT2D eigenvalue weighted by Crippen LogP contribution is 2.07. The molecular formula is C15H21N3O2. The van der Waals surface area contributed by atoms with Crippen molar-refractivity contribution in [2.45, 2.75) is 13.3 Å². The minimum absolute atomic E-state index is 0.0326. The average molecular weight is 275 g/mol. The molecule has 0 atom stereocenters. The number of benzene rings is 1. The number of rotatable bonds is 4. The van der Waals surface area contributed by atoms with Crippen LogP contribution in [0.3, 0.4) is 0 Å². The molecule has 1 fully saturated rings. The Morgan fingerprint density at radius 2 is 1.75 bits per heavy atom. The molecule has 0 aliphatic carbocycles. The van der Waals surface area contributed by atoms with E-state index in [0.29, 0.717) is 6.42 Å². The number of nitrogens with one attached hydrogen (secondary N) is 1. The summed E-state index contributed by atoms with van der Waals surface area (Å²) in [5.41, 5.74) is 0.832. The first-order chi connectivity index (χ1) is 9.65. The van der Waals surface area contributed by atoms with E-state index in [2.05, 4.69) is 10.2 Å². The van der Waals surface area contributed by atoms with Gasteiger partial charge in [0.05, 0.1) is 0 Å². The number of anilines is 1. The van der Waals surface area contributed by atoms with E-state index in [1.54, 1.807) is 6.92 Å². The molecule has 0 unspecified atom stereocenters. The third-order valence-electron chi connectivity index (χ3n) is 3.53. The summed E-state index contributed by atoms with van der Waals surface area (Å²) in [6.45, 7) is 5.55. The standard InChI is InChI=1S/C15H21N3O2/c1-13(19)18-11-9-17(10-12-18)8-7-15(20)16-14-5-3-2-4-6-14/h2-6H,7-12H2,1H3,(H,16,20). The van der Waals surface area contributed by atoms with Crippen molar-refractivity contribution in [3.05, 3.63) is 30.3 Å². The van der Waals surface area contributed by atoms with Crippen molar-refractivity contribution in [2.75, 3.05) is 38.0 Å². The van der Waals surface area contributed by atoms with E-state index in [4.69, 9.17) is 0 Å². The fourth-order valence-electron chi connectivity index (χ4n) is 2.29. The number of hydrogen-bond acceptors (Lipinski definition) is 3. The summed E-state index contributed by atoms with van der Waals surface area (Å²) in [7, 11) is 0. The van der Waals surface area contributed by atoms with Crippen LogP contribution in [0.1, 0.15) is 13.3 Å². The number of amides is 2. The van der Waals surface area contributed by atoms with Crippen LogP contribution in [0.5, 0.6) is 0 Å². The monoisotopic (exact) mass is 275 g/mol. The third kappa shape index (κ3) is 4.35. The van der Waals surface area contributed by atoms with Crippen molar-refractivity contribution in [3.63, 3.8) is 0 Å². The molecule has 20 heavy (non-hydrogen) atoms. The van der Waals surface area contributed by atoms with Crippen LogP contribution in [-0.2, 0) is 9.59 Å². The summed E-state index contributed by atoms with van der Waals surface area (Å²) < 4.78 is 0. The van der Waals surface area contributed by atoms with E-state index in [0.717, 1.165) is 38.4 Å². The lowest BCUT2D eigenvalue weighted by atomic mass is 10.2. The number of carbonyl (C=O) groups is 2. The molecule has 5 heteroatoms. The van der Waals surface area contributed by atoms with Gasteiger partial charge in [-0.2, -0.15) is 0 Å². The van der Waals surface area contributed by atoms with E-state index in [9.17, 15) is 9.59 Å². The first-order valence-corrected chi connectivity index (χ1v) is 6.98. The van der Waals surface area contributed by atoms with E-state index >= 15 is 0 Å². The predicted octanol–water partition coefficient (Wildman–Crippen LogP) is 1.18. The molecule has 1 heterocycles. The first-order valence-electron chi connectivity index (χ1n) is 6.98. The zero-order valence-electron chi connectivity index (χ0n) is 11.8. The molecule has 2 amide bonds. The summed E-state index contributed by atoms with van der Waals surface area (Å²) in [6, 6.07) is 9.48. The Hall–Kier alpha value is -1.88. The minimum Gasteiger partial charge on any atom is -0.340 e. The molecule has 0 saturated carbocycles. The van der Waals surface area contributed by atoms with Crippen molar-refractivity contribution < 1.29 is 9.59 Å². The fourth-order valence-corrected chi connectivity index (χ4v) is 2.29. The van der Waals surface area contributed by atoms with Crippen LogP contribution in [0.4, 0.5) is 5.69 Å². The van der Waals surface area contributed by atoms with Gasteiger partial charge in [-0.15, -0.1) is 0 Å². The number of hydrogen-bond donors (Lipinski definition) is 1. The van der Waals surface area contributed by atoms with Crippen molar-refractivity contribution >= 4 is 17.5 Å². The highest BCUT2D eigenvalue weighted by atomic mass is 16.2. The first kappa shape index (κ1) is 14.5. The third-order valence-corrected chi connectivity index (χ3v) is 3.53. The van der Waals surface area contributed by atoms with Crippen LogP contribution in [-0.4, -0.2) is 54.3 Å². The van der Waals surface area contributed by atoms with Crippen molar-refractivity contribution in [2.24, 2.45) is 0 Å². The minimum atomic E-state index is 0.0326. The number of para-hydroxylation sites is 1. The zero-order chi connectivity index (χ0) is 14.4. The molecule has 1 aliphatic heterocycles. The molecule has 2 rings (SSSR count). The van der Waals surface area contributed by atoms with Gasteiger partial charge in [-0.05, 0) is 12.1 Å². The fraction of sp³-hybridized carbons (Fsp3) is 0.467. The van der Waals surface area contributed by atoms with Crippen LogP contribution >= 0.6 is 0 Å². The maximum Gasteiger partial charge on any atom is 0.225 e. The molecule has 0 radical (unpaired) electrons. The number of carbonyl (C=O) groups excluding carboxylic acids is 2. The number of nitrogens with zero attached hydrogens (tertiary/aromatic N) is 2. The van der Waals surface area contributed by atoms with Crippen molar-refractivity contribution in [1.82, 2.24) is 9.80 Å². The van der Waals surface area contributed by atoms with Gasteiger partial charge in [0.2, 0.25) is 11.8 Å². The average Bonchev–Trinajstić information content (AvgIpc) is 2.46. The van der Waals surface area contributed by atoms with Crippen molar-refractivity contribution in [3.8, 4) is 0 Å². The molecule has 1 saturated heterocycles. The molecule has 1 aromatic carbocycles. The molecule has 1 aliphatic rings. The maximum absolute atomic E-state index is 11.8. The largest absolute Gasteiger partial charge is 0.340 e. The SMILES string of the molecule is CC(=O)N1CCN(CCC(=O)Nc2ccccc2)CC1. The van der Waals surface area contributed by atoms with Gasteiger partial charge in [0.1, 0.15) is 0 Å². The lowest BCUT2D eigenvalue weighted by Crippen LogP contribution is -2.48. The topological polar surface area (TPSA) is 52.7 Å². The van der Waals surface area contributed by atoms with Crippen LogP contribution in [0.2, 0.25) is 0 Å². The highest BCUT2D eigenvalue weighted by molar-refractivity contribution is 5.90. The van der Waals surface area contributed by atoms with Gasteiger partial charge in [0.25, 0.3) is 0 Å². The summed E-state index contributed by atoms with van der Waals surface area (Å²) in [5, 5.41) is 2.88. The lowest BCUT2D eigenvalue weighted by molar-refractivity contribution is -0.130. The Labute approximate surface area is 119 Å². The molecule has 108 valence electrons. The smallest absolute Gasteiger partial charge is 0.225 e. The van der Waals surface area contributed by atoms with Crippen LogP contribution in [0.25, 0.3) is 0 Å². The second-order valence-corrected chi connectivity index (χ2v) is 5.01. The van der Waals surface area contributed by atoms with E-state index < -0.39 is 0 Å². The van der Waals surface area contributed by atoms with Gasteiger partial charge < -0.3 is 10.2 Å². The van der Waals surface area contributed by atoms with Gasteiger partial charge in [-0.3, -0.25) is 14.5 Å². The molecule has 0 bridgehead atoms. The van der Waals surface area contributed by atoms with Gasteiger partial charge in [0.15, 0.2) is 0 Å². The molecule has 1 aromatic rings. The summed E-state index contributed by atoms with van der Waals surface area (Å²) in [4.78, 5) is 27.1. The van der Waals surface area contributed by atoms with Gasteiger partial charge >= 0.3 is 0 Å². The Kier molecular flexibility index (Phi) is 5.12. The van der Waals surface area contributed by atoms with Gasteiger partial charge in [0, 0.05) is 51.8 Å². The lowest BCUT2D eigenvalue weighted by Gasteiger charge is -2.34. The number of piperazine rings is 1. The van der Waals surface area contributed by atoms with Gasteiger partial charge in [-0.25, -0.2) is 0 Å².